The van der Waals surface area contributed by atoms with Gasteiger partial charge in [-0.3, -0.25) is 14.6 Å². The Morgan fingerprint density at radius 1 is 0.897 bits per heavy atom. The summed E-state index contributed by atoms with van der Waals surface area (Å²) < 4.78 is 10.6. The van der Waals surface area contributed by atoms with Crippen LogP contribution in [0.15, 0.2) is 91.0 Å². The highest BCUT2D eigenvalue weighted by Crippen LogP contribution is 2.30. The minimum absolute atomic E-state index is 0.0854. The molecule has 4 rings (SSSR count). The van der Waals surface area contributed by atoms with Gasteiger partial charge >= 0.3 is 0 Å². The minimum Gasteiger partial charge on any atom is -0.493 e. The SMILES string of the molecule is COc1ccc(C=CC=CC(=O)C(N)CN2CCN(C(c3ccccc3)c3ccc(Cl)cc3)CC2)cc1OC. The summed E-state index contributed by atoms with van der Waals surface area (Å²) in [6.45, 7) is 4.00. The first-order valence-corrected chi connectivity index (χ1v) is 13.5. The fourth-order valence-corrected chi connectivity index (χ4v) is 4.99. The van der Waals surface area contributed by atoms with Crippen LogP contribution in [0.3, 0.4) is 0 Å². The summed E-state index contributed by atoms with van der Waals surface area (Å²) in [5, 5.41) is 0.736. The first-order valence-electron chi connectivity index (χ1n) is 13.1. The van der Waals surface area contributed by atoms with Gasteiger partial charge in [0.2, 0.25) is 0 Å². The molecule has 0 saturated carbocycles. The van der Waals surface area contributed by atoms with Crippen molar-refractivity contribution < 1.29 is 14.3 Å². The van der Waals surface area contributed by atoms with E-state index in [1.54, 1.807) is 26.4 Å². The number of hydrogen-bond donors (Lipinski definition) is 1. The second-order valence-corrected chi connectivity index (χ2v) is 9.98. The Morgan fingerprint density at radius 2 is 1.56 bits per heavy atom. The third-order valence-corrected chi connectivity index (χ3v) is 7.21. The monoisotopic (exact) mass is 545 g/mol. The molecule has 0 amide bonds. The van der Waals surface area contributed by atoms with Gasteiger partial charge in [-0.05, 0) is 47.0 Å². The van der Waals surface area contributed by atoms with E-state index >= 15 is 0 Å². The van der Waals surface area contributed by atoms with Gasteiger partial charge in [0.15, 0.2) is 17.3 Å². The molecule has 6 nitrogen and oxygen atoms in total. The molecule has 3 aromatic rings. The standard InChI is InChI=1S/C32H36ClN3O3/c1-38-30-17-12-24(22-31(30)39-2)8-6-7-11-29(37)28(34)23-35-18-20-36(21-19-35)32(25-9-4-3-5-10-25)26-13-15-27(33)16-14-26/h3-17,22,28,32H,18-21,23,34H2,1-2H3. The zero-order chi connectivity index (χ0) is 27.6. The maximum atomic E-state index is 12.7. The minimum atomic E-state index is -0.566. The molecule has 0 bridgehead atoms. The number of ether oxygens (including phenoxy) is 2. The zero-order valence-corrected chi connectivity index (χ0v) is 23.3. The Labute approximate surface area is 236 Å². The molecule has 0 aromatic heterocycles. The predicted octanol–water partition coefficient (Wildman–Crippen LogP) is 5.23. The molecule has 2 unspecified atom stereocenters. The molecule has 1 heterocycles. The molecular formula is C32H36ClN3O3. The van der Waals surface area contributed by atoms with Gasteiger partial charge in [0, 0.05) is 37.7 Å². The number of ketones is 1. The molecule has 2 N–H and O–H groups in total. The number of piperazine rings is 1. The topological polar surface area (TPSA) is 68.0 Å². The van der Waals surface area contributed by atoms with Crippen LogP contribution in [-0.2, 0) is 4.79 Å². The maximum Gasteiger partial charge on any atom is 0.173 e. The number of benzene rings is 3. The van der Waals surface area contributed by atoms with Gasteiger partial charge < -0.3 is 15.2 Å². The van der Waals surface area contributed by atoms with Crippen molar-refractivity contribution >= 4 is 23.5 Å². The van der Waals surface area contributed by atoms with E-state index in [0.717, 1.165) is 36.8 Å². The highest BCUT2D eigenvalue weighted by atomic mass is 35.5. The highest BCUT2D eigenvalue weighted by molar-refractivity contribution is 6.30. The molecule has 3 aromatic carbocycles. The Balaban J connectivity index is 1.30. The molecule has 0 spiro atoms. The number of nitrogens with zero attached hydrogens (tertiary/aromatic N) is 2. The highest BCUT2D eigenvalue weighted by Gasteiger charge is 2.27. The summed E-state index contributed by atoms with van der Waals surface area (Å²) in [5.74, 6) is 1.25. The van der Waals surface area contributed by atoms with Crippen LogP contribution in [0.1, 0.15) is 22.7 Å². The Hall–Kier alpha value is -3.42. The fraction of sp³-hybridized carbons (Fsp3) is 0.281. The van der Waals surface area contributed by atoms with Crippen LogP contribution in [0, 0.1) is 0 Å². The van der Waals surface area contributed by atoms with Gasteiger partial charge in [-0.25, -0.2) is 0 Å². The summed E-state index contributed by atoms with van der Waals surface area (Å²) >= 11 is 6.15. The second-order valence-electron chi connectivity index (χ2n) is 9.54. The molecule has 7 heteroatoms. The van der Waals surface area contributed by atoms with E-state index < -0.39 is 6.04 Å². The van der Waals surface area contributed by atoms with Crippen LogP contribution in [0.25, 0.3) is 6.08 Å². The lowest BCUT2D eigenvalue weighted by Gasteiger charge is -2.40. The molecule has 0 radical (unpaired) electrons. The lowest BCUT2D eigenvalue weighted by molar-refractivity contribution is -0.116. The van der Waals surface area contributed by atoms with Crippen LogP contribution in [0.2, 0.25) is 5.02 Å². The van der Waals surface area contributed by atoms with Gasteiger partial charge in [-0.1, -0.05) is 78.4 Å². The van der Waals surface area contributed by atoms with Crippen molar-refractivity contribution in [3.05, 3.63) is 113 Å². The molecule has 2 atom stereocenters. The number of nitrogens with two attached hydrogens (primary N) is 1. The average molecular weight is 546 g/mol. The maximum absolute atomic E-state index is 12.7. The smallest absolute Gasteiger partial charge is 0.173 e. The molecule has 1 fully saturated rings. The number of rotatable bonds is 11. The van der Waals surface area contributed by atoms with Crippen LogP contribution in [0.5, 0.6) is 11.5 Å². The number of carbonyl (C=O) groups is 1. The zero-order valence-electron chi connectivity index (χ0n) is 22.5. The molecule has 0 aliphatic carbocycles. The predicted molar refractivity (Wildman–Crippen MR) is 158 cm³/mol. The van der Waals surface area contributed by atoms with Crippen molar-refractivity contribution in [1.82, 2.24) is 9.80 Å². The van der Waals surface area contributed by atoms with E-state index in [1.807, 2.05) is 48.6 Å². The second kappa shape index (κ2) is 14.1. The van der Waals surface area contributed by atoms with E-state index in [0.29, 0.717) is 18.0 Å². The van der Waals surface area contributed by atoms with Gasteiger partial charge in [0.1, 0.15) is 0 Å². The van der Waals surface area contributed by atoms with Gasteiger partial charge in [-0.15, -0.1) is 0 Å². The number of hydrogen-bond acceptors (Lipinski definition) is 6. The van der Waals surface area contributed by atoms with Crippen molar-refractivity contribution in [2.75, 3.05) is 46.9 Å². The molecule has 1 aliphatic rings. The van der Waals surface area contributed by atoms with E-state index in [9.17, 15) is 4.79 Å². The summed E-state index contributed by atoms with van der Waals surface area (Å²) in [6, 6.07) is 23.9. The third kappa shape index (κ3) is 7.80. The number of halogens is 1. The summed E-state index contributed by atoms with van der Waals surface area (Å²) in [4.78, 5) is 17.4. The first-order chi connectivity index (χ1) is 19.0. The van der Waals surface area contributed by atoms with E-state index in [-0.39, 0.29) is 11.8 Å². The Kier molecular flexibility index (Phi) is 10.3. The first kappa shape index (κ1) is 28.6. The number of carbonyl (C=O) groups excluding carboxylic acids is 1. The van der Waals surface area contributed by atoms with Crippen molar-refractivity contribution in [1.29, 1.82) is 0 Å². The van der Waals surface area contributed by atoms with Crippen LogP contribution in [-0.4, -0.2) is 68.6 Å². The molecule has 1 saturated heterocycles. The van der Waals surface area contributed by atoms with Gasteiger partial charge in [0.25, 0.3) is 0 Å². The normalized spacial score (nSPS) is 16.4. The lowest BCUT2D eigenvalue weighted by Crippen LogP contribution is -2.52. The quantitative estimate of drug-likeness (QED) is 0.263. The number of allylic oxidation sites excluding steroid dienone is 2. The molecule has 1 aliphatic heterocycles. The number of methoxy groups -OCH3 is 2. The summed E-state index contributed by atoms with van der Waals surface area (Å²) in [7, 11) is 3.21. The fourth-order valence-electron chi connectivity index (χ4n) is 4.86. The third-order valence-electron chi connectivity index (χ3n) is 6.96. The van der Waals surface area contributed by atoms with Crippen molar-refractivity contribution in [3.63, 3.8) is 0 Å². The van der Waals surface area contributed by atoms with Crippen molar-refractivity contribution in [2.24, 2.45) is 5.73 Å². The largest absolute Gasteiger partial charge is 0.493 e. The summed E-state index contributed by atoms with van der Waals surface area (Å²) in [6.07, 6.45) is 7.00. The lowest BCUT2D eigenvalue weighted by atomic mass is 9.96. The van der Waals surface area contributed by atoms with Crippen LogP contribution < -0.4 is 15.2 Å². The van der Waals surface area contributed by atoms with E-state index in [4.69, 9.17) is 26.8 Å². The average Bonchev–Trinajstić information content (AvgIpc) is 2.97. The van der Waals surface area contributed by atoms with Crippen LogP contribution >= 0.6 is 11.6 Å². The van der Waals surface area contributed by atoms with Crippen molar-refractivity contribution in [2.45, 2.75) is 12.1 Å². The Morgan fingerprint density at radius 3 is 2.23 bits per heavy atom. The van der Waals surface area contributed by atoms with Crippen LogP contribution in [0.4, 0.5) is 0 Å². The van der Waals surface area contributed by atoms with Gasteiger partial charge in [0.05, 0.1) is 26.3 Å². The molecule has 39 heavy (non-hydrogen) atoms. The van der Waals surface area contributed by atoms with Crippen molar-refractivity contribution in [3.8, 4) is 11.5 Å². The van der Waals surface area contributed by atoms with E-state index in [1.165, 1.54) is 11.1 Å². The van der Waals surface area contributed by atoms with Gasteiger partial charge in [-0.2, -0.15) is 0 Å². The Bertz CT molecular complexity index is 1270. The summed E-state index contributed by atoms with van der Waals surface area (Å²) in [5.41, 5.74) is 9.70. The molecular weight excluding hydrogens is 510 g/mol. The van der Waals surface area contributed by atoms with E-state index in [2.05, 4.69) is 46.2 Å². The molecule has 204 valence electrons.